The van der Waals surface area contributed by atoms with Crippen LogP contribution in [0.25, 0.3) is 5.82 Å². The van der Waals surface area contributed by atoms with Gasteiger partial charge in [-0.25, -0.2) is 9.97 Å². The molecule has 0 amide bonds. The van der Waals surface area contributed by atoms with Crippen molar-refractivity contribution in [2.45, 2.75) is 33.9 Å². The molecule has 0 spiro atoms. The largest absolute Gasteiger partial charge is 0.361 e. The molecule has 3 aromatic rings. The van der Waals surface area contributed by atoms with Crippen LogP contribution in [-0.4, -0.2) is 32.7 Å². The number of halogens is 1. The number of guanidine groups is 1. The van der Waals surface area contributed by atoms with E-state index in [-0.39, 0.29) is 24.0 Å². The molecule has 0 bridgehead atoms. The number of aliphatic imine (C=N–C) groups is 1. The second-order valence-electron chi connectivity index (χ2n) is 5.91. The first-order valence-corrected chi connectivity index (χ1v) is 8.40. The third-order valence-electron chi connectivity index (χ3n) is 4.21. The average Bonchev–Trinajstić information content (AvgIpc) is 3.21. The van der Waals surface area contributed by atoms with Gasteiger partial charge in [0.25, 0.3) is 0 Å². The standard InChI is InChI=1S/C18H23N7O.HI/c1-12-16(13(2)26-24-12)11-23-18(19-4)22-10-15-6-5-7-21-17(15)25-9-8-20-14(25)3;/h5-9H,10-11H2,1-4H3,(H2,19,22,23);1H. The summed E-state index contributed by atoms with van der Waals surface area (Å²) < 4.78 is 7.16. The van der Waals surface area contributed by atoms with Crippen LogP contribution in [0.2, 0.25) is 0 Å². The summed E-state index contributed by atoms with van der Waals surface area (Å²) >= 11 is 0. The van der Waals surface area contributed by atoms with Crippen LogP contribution in [0.1, 0.15) is 28.4 Å². The van der Waals surface area contributed by atoms with E-state index in [1.807, 2.05) is 43.7 Å². The van der Waals surface area contributed by atoms with Gasteiger partial charge in [-0.05, 0) is 26.8 Å². The number of pyridine rings is 1. The summed E-state index contributed by atoms with van der Waals surface area (Å²) in [5.41, 5.74) is 2.98. The van der Waals surface area contributed by atoms with Crippen molar-refractivity contribution in [3.8, 4) is 5.82 Å². The zero-order chi connectivity index (χ0) is 18.5. The minimum Gasteiger partial charge on any atom is -0.361 e. The normalized spacial score (nSPS) is 11.2. The van der Waals surface area contributed by atoms with Gasteiger partial charge in [-0.2, -0.15) is 0 Å². The molecule has 2 N–H and O–H groups in total. The minimum atomic E-state index is 0. The number of rotatable bonds is 5. The van der Waals surface area contributed by atoms with Crippen LogP contribution in [-0.2, 0) is 13.1 Å². The summed E-state index contributed by atoms with van der Waals surface area (Å²) in [6.45, 7) is 6.97. The lowest BCUT2D eigenvalue weighted by Gasteiger charge is -2.14. The third kappa shape index (κ3) is 4.85. The van der Waals surface area contributed by atoms with Gasteiger partial charge in [-0.1, -0.05) is 11.2 Å². The van der Waals surface area contributed by atoms with E-state index in [2.05, 4.69) is 30.8 Å². The van der Waals surface area contributed by atoms with Crippen molar-refractivity contribution in [1.82, 2.24) is 30.3 Å². The monoisotopic (exact) mass is 481 g/mol. The van der Waals surface area contributed by atoms with Crippen LogP contribution in [0.3, 0.4) is 0 Å². The third-order valence-corrected chi connectivity index (χ3v) is 4.21. The fourth-order valence-electron chi connectivity index (χ4n) is 2.71. The number of nitrogens with zero attached hydrogens (tertiary/aromatic N) is 5. The molecule has 8 nitrogen and oxygen atoms in total. The van der Waals surface area contributed by atoms with Crippen molar-refractivity contribution < 1.29 is 4.52 Å². The summed E-state index contributed by atoms with van der Waals surface area (Å²) in [7, 11) is 1.74. The van der Waals surface area contributed by atoms with E-state index in [0.717, 1.165) is 34.2 Å². The van der Waals surface area contributed by atoms with Crippen LogP contribution >= 0.6 is 24.0 Å². The maximum absolute atomic E-state index is 5.19. The molecule has 144 valence electrons. The van der Waals surface area contributed by atoms with Crippen molar-refractivity contribution in [3.05, 3.63) is 59.1 Å². The molecule has 0 fully saturated rings. The second-order valence-corrected chi connectivity index (χ2v) is 5.91. The molecule has 0 aromatic carbocycles. The van der Waals surface area contributed by atoms with Crippen LogP contribution in [0.5, 0.6) is 0 Å². The minimum absolute atomic E-state index is 0. The molecule has 9 heteroatoms. The highest BCUT2D eigenvalue weighted by atomic mass is 127. The van der Waals surface area contributed by atoms with E-state index in [0.29, 0.717) is 19.0 Å². The van der Waals surface area contributed by atoms with Gasteiger partial charge in [0.05, 0.1) is 5.69 Å². The van der Waals surface area contributed by atoms with Gasteiger partial charge >= 0.3 is 0 Å². The summed E-state index contributed by atoms with van der Waals surface area (Å²) in [6.07, 6.45) is 5.46. The fourth-order valence-corrected chi connectivity index (χ4v) is 2.71. The number of nitrogens with one attached hydrogen (secondary N) is 2. The molecular weight excluding hydrogens is 457 g/mol. The SMILES string of the molecule is CN=C(NCc1cccnc1-n1ccnc1C)NCc1c(C)noc1C.I. The van der Waals surface area contributed by atoms with E-state index in [4.69, 9.17) is 4.52 Å². The second kappa shape index (κ2) is 9.49. The van der Waals surface area contributed by atoms with Crippen molar-refractivity contribution in [1.29, 1.82) is 0 Å². The van der Waals surface area contributed by atoms with Crippen LogP contribution in [0.15, 0.2) is 40.2 Å². The quantitative estimate of drug-likeness (QED) is 0.331. The number of hydrogen-bond donors (Lipinski definition) is 2. The molecule has 0 saturated carbocycles. The smallest absolute Gasteiger partial charge is 0.191 e. The molecule has 3 rings (SSSR count). The Balaban J connectivity index is 0.00000261. The zero-order valence-electron chi connectivity index (χ0n) is 15.9. The molecular formula is C18H24IN7O. The van der Waals surface area contributed by atoms with Crippen molar-refractivity contribution >= 4 is 29.9 Å². The van der Waals surface area contributed by atoms with Gasteiger partial charge in [0.1, 0.15) is 17.4 Å². The van der Waals surface area contributed by atoms with Gasteiger partial charge in [0, 0.05) is 49.9 Å². The lowest BCUT2D eigenvalue weighted by atomic mass is 10.2. The first-order valence-electron chi connectivity index (χ1n) is 8.40. The van der Waals surface area contributed by atoms with E-state index < -0.39 is 0 Å². The summed E-state index contributed by atoms with van der Waals surface area (Å²) in [6, 6.07) is 3.96. The Morgan fingerprint density at radius 1 is 1.15 bits per heavy atom. The maximum atomic E-state index is 5.19. The Kier molecular flexibility index (Phi) is 7.34. The lowest BCUT2D eigenvalue weighted by Crippen LogP contribution is -2.36. The lowest BCUT2D eigenvalue weighted by molar-refractivity contribution is 0.392. The Bertz CT molecular complexity index is 897. The molecule has 0 aliphatic carbocycles. The number of hydrogen-bond acceptors (Lipinski definition) is 5. The average molecular weight is 481 g/mol. The van der Waals surface area contributed by atoms with Crippen LogP contribution < -0.4 is 10.6 Å². The molecule has 0 unspecified atom stereocenters. The summed E-state index contributed by atoms with van der Waals surface area (Å²) in [5.74, 6) is 3.26. The molecule has 0 aliphatic rings. The maximum Gasteiger partial charge on any atom is 0.191 e. The zero-order valence-corrected chi connectivity index (χ0v) is 18.2. The molecule has 0 atom stereocenters. The Morgan fingerprint density at radius 2 is 1.93 bits per heavy atom. The van der Waals surface area contributed by atoms with E-state index >= 15 is 0 Å². The molecule has 0 radical (unpaired) electrons. The van der Waals surface area contributed by atoms with Crippen LogP contribution in [0.4, 0.5) is 0 Å². The molecule has 0 saturated heterocycles. The highest BCUT2D eigenvalue weighted by Crippen LogP contribution is 2.13. The summed E-state index contributed by atoms with van der Waals surface area (Å²) in [5, 5.41) is 10.6. The van der Waals surface area contributed by atoms with E-state index in [1.165, 1.54) is 0 Å². The Hall–Kier alpha value is -2.43. The van der Waals surface area contributed by atoms with Crippen molar-refractivity contribution in [3.63, 3.8) is 0 Å². The highest BCUT2D eigenvalue weighted by Gasteiger charge is 2.11. The first kappa shape index (κ1) is 20.9. The van der Waals surface area contributed by atoms with Gasteiger partial charge in [-0.3, -0.25) is 9.56 Å². The molecule has 3 heterocycles. The van der Waals surface area contributed by atoms with Gasteiger partial charge < -0.3 is 15.2 Å². The highest BCUT2D eigenvalue weighted by molar-refractivity contribution is 14.0. The molecule has 3 aromatic heterocycles. The number of aryl methyl sites for hydroxylation is 3. The Labute approximate surface area is 175 Å². The predicted octanol–water partition coefficient (Wildman–Crippen LogP) is 2.66. The van der Waals surface area contributed by atoms with Gasteiger partial charge in [0.2, 0.25) is 0 Å². The fraction of sp³-hybridized carbons (Fsp3) is 0.333. The summed E-state index contributed by atoms with van der Waals surface area (Å²) in [4.78, 5) is 13.0. The Morgan fingerprint density at radius 3 is 2.56 bits per heavy atom. The van der Waals surface area contributed by atoms with Crippen molar-refractivity contribution in [2.75, 3.05) is 7.05 Å². The van der Waals surface area contributed by atoms with Crippen LogP contribution in [0, 0.1) is 20.8 Å². The first-order chi connectivity index (χ1) is 12.6. The topological polar surface area (TPSA) is 93.2 Å². The number of imidazole rings is 1. The van der Waals surface area contributed by atoms with Gasteiger partial charge in [-0.15, -0.1) is 24.0 Å². The number of aromatic nitrogens is 4. The van der Waals surface area contributed by atoms with E-state index in [9.17, 15) is 0 Å². The molecule has 0 aliphatic heterocycles. The predicted molar refractivity (Wildman–Crippen MR) is 115 cm³/mol. The van der Waals surface area contributed by atoms with E-state index in [1.54, 1.807) is 19.4 Å². The van der Waals surface area contributed by atoms with Gasteiger partial charge in [0.15, 0.2) is 5.96 Å². The van der Waals surface area contributed by atoms with Crippen molar-refractivity contribution in [2.24, 2.45) is 4.99 Å². The molecule has 27 heavy (non-hydrogen) atoms.